The van der Waals surface area contributed by atoms with Crippen LogP contribution in [0.2, 0.25) is 0 Å². The van der Waals surface area contributed by atoms with Crippen LogP contribution in [0.4, 0.5) is 0 Å². The molecular formula is C31H32N2O3. The first kappa shape index (κ1) is 23.7. The van der Waals surface area contributed by atoms with Gasteiger partial charge in [-0.25, -0.2) is 4.79 Å². The molecule has 36 heavy (non-hydrogen) atoms. The molecule has 3 aromatic carbocycles. The molecule has 0 spiro atoms. The average Bonchev–Trinajstić information content (AvgIpc) is 3.56. The van der Waals surface area contributed by atoms with Crippen LogP contribution in [0.25, 0.3) is 11.8 Å². The maximum absolute atomic E-state index is 13.6. The van der Waals surface area contributed by atoms with Gasteiger partial charge in [-0.05, 0) is 67.0 Å². The Balaban J connectivity index is 1.48. The fourth-order valence-corrected chi connectivity index (χ4v) is 4.97. The normalized spacial score (nSPS) is 14.4. The van der Waals surface area contributed by atoms with E-state index in [9.17, 15) is 4.79 Å². The zero-order chi connectivity index (χ0) is 24.9. The second kappa shape index (κ2) is 10.7. The molecule has 0 saturated heterocycles. The SMILES string of the molecule is COc1ccc(/C(C)=C/n2ccn(C(c3ccccc3)c3ccccc3)c2=O)cc1OC1CCCC1. The van der Waals surface area contributed by atoms with E-state index >= 15 is 0 Å². The quantitative estimate of drug-likeness (QED) is 0.284. The standard InChI is InChI=1S/C31H32N2O3/c1-23(26-17-18-28(35-2)29(21-26)36-27-15-9-10-16-27)22-32-19-20-33(31(32)34)30(24-11-5-3-6-12-24)25-13-7-4-8-14-25/h3-8,11-14,17-22,27,30H,9-10,15-16H2,1-2H3/b23-22+. The molecule has 1 fully saturated rings. The van der Waals surface area contributed by atoms with Gasteiger partial charge in [0.25, 0.3) is 0 Å². The van der Waals surface area contributed by atoms with Crippen LogP contribution < -0.4 is 15.2 Å². The van der Waals surface area contributed by atoms with Crippen molar-refractivity contribution in [3.63, 3.8) is 0 Å². The number of hydrogen-bond donors (Lipinski definition) is 0. The second-order valence-corrected chi connectivity index (χ2v) is 9.32. The zero-order valence-electron chi connectivity index (χ0n) is 20.8. The smallest absolute Gasteiger partial charge is 0.333 e. The van der Waals surface area contributed by atoms with Gasteiger partial charge in [0.05, 0.1) is 19.3 Å². The van der Waals surface area contributed by atoms with Crippen LogP contribution in [0.15, 0.2) is 96.1 Å². The summed E-state index contributed by atoms with van der Waals surface area (Å²) in [5.41, 5.74) is 3.99. The molecule has 5 nitrogen and oxygen atoms in total. The Labute approximate surface area is 212 Å². The number of hydrogen-bond acceptors (Lipinski definition) is 3. The first-order valence-corrected chi connectivity index (χ1v) is 12.6. The molecule has 0 aliphatic heterocycles. The minimum atomic E-state index is -0.206. The predicted molar refractivity (Wildman–Crippen MR) is 145 cm³/mol. The molecule has 4 aromatic rings. The van der Waals surface area contributed by atoms with Gasteiger partial charge in [0.2, 0.25) is 0 Å². The third-order valence-corrected chi connectivity index (χ3v) is 6.89. The number of benzene rings is 3. The molecule has 0 amide bonds. The lowest BCUT2D eigenvalue weighted by molar-refractivity contribution is 0.201. The van der Waals surface area contributed by atoms with Crippen molar-refractivity contribution in [2.75, 3.05) is 7.11 Å². The van der Waals surface area contributed by atoms with Crippen LogP contribution in [-0.2, 0) is 0 Å². The summed E-state index contributed by atoms with van der Waals surface area (Å²) in [6.45, 7) is 2.01. The maximum atomic E-state index is 13.6. The first-order chi connectivity index (χ1) is 17.6. The maximum Gasteiger partial charge on any atom is 0.333 e. The van der Waals surface area contributed by atoms with Crippen LogP contribution >= 0.6 is 0 Å². The van der Waals surface area contributed by atoms with E-state index in [1.54, 1.807) is 16.2 Å². The number of aromatic nitrogens is 2. The van der Waals surface area contributed by atoms with Gasteiger partial charge in [-0.1, -0.05) is 66.7 Å². The van der Waals surface area contributed by atoms with E-state index < -0.39 is 0 Å². The molecule has 1 aliphatic rings. The Hall–Kier alpha value is -3.99. The lowest BCUT2D eigenvalue weighted by Crippen LogP contribution is -2.26. The van der Waals surface area contributed by atoms with Crippen LogP contribution in [0.3, 0.4) is 0 Å². The summed E-state index contributed by atoms with van der Waals surface area (Å²) in [7, 11) is 1.66. The predicted octanol–water partition coefficient (Wildman–Crippen LogP) is 6.64. The van der Waals surface area contributed by atoms with Gasteiger partial charge in [-0.3, -0.25) is 9.13 Å². The zero-order valence-corrected chi connectivity index (χ0v) is 20.8. The van der Waals surface area contributed by atoms with Crippen LogP contribution in [0.1, 0.15) is 55.3 Å². The fraction of sp³-hybridized carbons (Fsp3) is 0.258. The highest BCUT2D eigenvalue weighted by Gasteiger charge is 2.20. The molecule has 1 aromatic heterocycles. The van der Waals surface area contributed by atoms with Crippen molar-refractivity contribution in [2.24, 2.45) is 0 Å². The summed E-state index contributed by atoms with van der Waals surface area (Å²) < 4.78 is 15.2. The highest BCUT2D eigenvalue weighted by atomic mass is 16.5. The molecular weight excluding hydrogens is 448 g/mol. The van der Waals surface area contributed by atoms with Gasteiger partial charge < -0.3 is 9.47 Å². The van der Waals surface area contributed by atoms with E-state index in [0.717, 1.165) is 46.6 Å². The van der Waals surface area contributed by atoms with Gasteiger partial charge in [-0.2, -0.15) is 0 Å². The Bertz CT molecular complexity index is 1340. The summed E-state index contributed by atoms with van der Waals surface area (Å²) >= 11 is 0. The summed E-state index contributed by atoms with van der Waals surface area (Å²) in [6.07, 6.45) is 10.4. The number of allylic oxidation sites excluding steroid dienone is 1. The third kappa shape index (κ3) is 5.01. The van der Waals surface area contributed by atoms with E-state index in [4.69, 9.17) is 9.47 Å². The number of rotatable bonds is 8. The van der Waals surface area contributed by atoms with Crippen molar-refractivity contribution in [3.05, 3.63) is 118 Å². The molecule has 0 unspecified atom stereocenters. The Morgan fingerprint density at radius 1 is 0.889 bits per heavy atom. The van der Waals surface area contributed by atoms with E-state index in [1.807, 2.05) is 80.1 Å². The minimum Gasteiger partial charge on any atom is -0.493 e. The van der Waals surface area contributed by atoms with Crippen molar-refractivity contribution >= 4 is 11.8 Å². The molecule has 1 saturated carbocycles. The van der Waals surface area contributed by atoms with Crippen molar-refractivity contribution in [3.8, 4) is 11.5 Å². The molecule has 0 atom stereocenters. The van der Waals surface area contributed by atoms with Gasteiger partial charge in [-0.15, -0.1) is 0 Å². The largest absolute Gasteiger partial charge is 0.493 e. The topological polar surface area (TPSA) is 45.4 Å². The lowest BCUT2D eigenvalue weighted by atomic mass is 9.99. The molecule has 1 heterocycles. The van der Waals surface area contributed by atoms with Crippen LogP contribution in [-0.4, -0.2) is 22.3 Å². The summed E-state index contributed by atoms with van der Waals surface area (Å²) in [6, 6.07) is 26.0. The van der Waals surface area contributed by atoms with Crippen LogP contribution in [0.5, 0.6) is 11.5 Å². The van der Waals surface area contributed by atoms with E-state index in [-0.39, 0.29) is 17.8 Å². The molecule has 1 aliphatic carbocycles. The summed E-state index contributed by atoms with van der Waals surface area (Å²) in [4.78, 5) is 13.6. The Kier molecular flexibility index (Phi) is 7.08. The lowest BCUT2D eigenvalue weighted by Gasteiger charge is -2.19. The molecule has 5 rings (SSSR count). The third-order valence-electron chi connectivity index (χ3n) is 6.89. The van der Waals surface area contributed by atoms with Gasteiger partial charge in [0.15, 0.2) is 11.5 Å². The first-order valence-electron chi connectivity index (χ1n) is 12.6. The monoisotopic (exact) mass is 480 g/mol. The van der Waals surface area contributed by atoms with E-state index in [1.165, 1.54) is 12.8 Å². The van der Waals surface area contributed by atoms with Crippen molar-refractivity contribution in [1.82, 2.24) is 9.13 Å². The fourth-order valence-electron chi connectivity index (χ4n) is 4.97. The number of ether oxygens (including phenoxy) is 2. The average molecular weight is 481 g/mol. The Morgan fingerprint density at radius 2 is 1.53 bits per heavy atom. The number of nitrogens with zero attached hydrogens (tertiary/aromatic N) is 2. The second-order valence-electron chi connectivity index (χ2n) is 9.32. The van der Waals surface area contributed by atoms with E-state index in [0.29, 0.717) is 0 Å². The number of methoxy groups -OCH3 is 1. The Morgan fingerprint density at radius 3 is 2.14 bits per heavy atom. The van der Waals surface area contributed by atoms with Gasteiger partial charge in [0.1, 0.15) is 0 Å². The summed E-state index contributed by atoms with van der Waals surface area (Å²) in [5, 5.41) is 0. The van der Waals surface area contributed by atoms with Crippen molar-refractivity contribution in [1.29, 1.82) is 0 Å². The highest BCUT2D eigenvalue weighted by molar-refractivity contribution is 5.75. The highest BCUT2D eigenvalue weighted by Crippen LogP contribution is 2.34. The van der Waals surface area contributed by atoms with E-state index in [2.05, 4.69) is 24.3 Å². The molecule has 0 N–H and O–H groups in total. The van der Waals surface area contributed by atoms with Crippen molar-refractivity contribution < 1.29 is 9.47 Å². The molecule has 0 radical (unpaired) electrons. The molecule has 184 valence electrons. The minimum absolute atomic E-state index is 0.0944. The van der Waals surface area contributed by atoms with Gasteiger partial charge >= 0.3 is 5.69 Å². The van der Waals surface area contributed by atoms with Crippen LogP contribution in [0, 0.1) is 0 Å². The molecule has 5 heteroatoms. The van der Waals surface area contributed by atoms with Gasteiger partial charge in [0, 0.05) is 18.6 Å². The molecule has 0 bridgehead atoms. The van der Waals surface area contributed by atoms with Crippen molar-refractivity contribution in [2.45, 2.75) is 44.8 Å². The summed E-state index contributed by atoms with van der Waals surface area (Å²) in [5.74, 6) is 1.49. The number of imidazole rings is 1.